The number of carbonyl (C=O) groups excluding carboxylic acids is 2. The second kappa shape index (κ2) is 23.4. The Kier molecular flexibility index (Phi) is 16.7. The van der Waals surface area contributed by atoms with Crippen LogP contribution in [0.4, 0.5) is 0 Å². The number of terminal acetylenes is 1. The summed E-state index contributed by atoms with van der Waals surface area (Å²) in [6, 6.07) is 15.8. The first-order valence-electron chi connectivity index (χ1n) is 22.7. The monoisotopic (exact) mass is 890 g/mol. The smallest absolute Gasteiger partial charge is 0.337 e. The van der Waals surface area contributed by atoms with E-state index >= 15 is 0 Å². The summed E-state index contributed by atoms with van der Waals surface area (Å²) >= 11 is 0. The molecular weight excluding hydrogens is 833 g/mol. The molecule has 4 aliphatic carbocycles. The number of rotatable bonds is 19. The van der Waals surface area contributed by atoms with Crippen LogP contribution in [-0.4, -0.2) is 74.0 Å². The Morgan fingerprint density at radius 1 is 0.833 bits per heavy atom. The van der Waals surface area contributed by atoms with E-state index in [1.165, 1.54) is 0 Å². The molecule has 342 valence electrons. The number of aliphatic hydroxyl groups is 2. The van der Waals surface area contributed by atoms with Crippen molar-refractivity contribution >= 4 is 28.8 Å². The number of hydrogen-bond donors (Lipinski definition) is 2. The Bertz CT molecular complexity index is 2560. The van der Waals surface area contributed by atoms with Gasteiger partial charge in [0.2, 0.25) is 0 Å². The standard InChI is InChI=1S/C56H58O10/c1-4-27-61-47-16-8-6-7-15-42(29-38(3)19-24-47)55(59)65-36-45(57)34-63-53-25-22-39-13-9-11-17-49(39)51(53)33-52-50-18-12-10-14-40(50)23-26-54(52)64-35-46(58)37-66-56(60)43-21-20-41-31-48(62-28-5-2)32-44(41)30-43/h1,6-7,9-11,13-14,16-17,19-26,29-31,41,44-46,57-58H,3,5,8,12,15,18,27-28,32-37H2,2H3/b7-6-,24-19-,42-29+,47-16+. The van der Waals surface area contributed by atoms with Crippen molar-refractivity contribution in [3.05, 3.63) is 172 Å². The van der Waals surface area contributed by atoms with Crippen LogP contribution in [0.25, 0.3) is 16.8 Å². The van der Waals surface area contributed by atoms with Gasteiger partial charge in [-0.1, -0.05) is 104 Å². The molecule has 3 aromatic carbocycles. The molecule has 2 N–H and O–H groups in total. The maximum Gasteiger partial charge on any atom is 0.337 e. The molecule has 0 fully saturated rings. The lowest BCUT2D eigenvalue weighted by Crippen LogP contribution is -2.26. The third-order valence-electron chi connectivity index (χ3n) is 11.6. The van der Waals surface area contributed by atoms with E-state index < -0.39 is 24.1 Å². The second-order valence-electron chi connectivity index (χ2n) is 16.6. The van der Waals surface area contributed by atoms with Crippen molar-refractivity contribution in [2.24, 2.45) is 11.8 Å². The molecule has 4 atom stereocenters. The van der Waals surface area contributed by atoms with E-state index in [4.69, 9.17) is 34.8 Å². The van der Waals surface area contributed by atoms with E-state index in [1.54, 1.807) is 24.3 Å². The molecule has 0 bridgehead atoms. The molecule has 0 saturated heterocycles. The fraction of sp³-hybridized carbons (Fsp3) is 0.321. The minimum Gasteiger partial charge on any atom is -0.498 e. The van der Waals surface area contributed by atoms with Crippen LogP contribution < -0.4 is 9.47 Å². The Labute approximate surface area is 387 Å². The molecule has 10 heteroatoms. The highest BCUT2D eigenvalue weighted by atomic mass is 16.6. The summed E-state index contributed by atoms with van der Waals surface area (Å²) in [4.78, 5) is 26.3. The number of allylic oxidation sites excluding steroid dienone is 12. The molecule has 0 spiro atoms. The average Bonchev–Trinajstić information content (AvgIpc) is 3.74. The molecular formula is C56H58O10. The van der Waals surface area contributed by atoms with Crippen molar-refractivity contribution in [3.8, 4) is 23.8 Å². The van der Waals surface area contributed by atoms with Gasteiger partial charge in [-0.2, -0.15) is 0 Å². The highest BCUT2D eigenvalue weighted by molar-refractivity contribution is 5.92. The lowest BCUT2D eigenvalue weighted by Gasteiger charge is -2.23. The van der Waals surface area contributed by atoms with E-state index in [9.17, 15) is 19.8 Å². The first-order valence-corrected chi connectivity index (χ1v) is 22.7. The normalized spacial score (nSPS) is 21.1. The van der Waals surface area contributed by atoms with Crippen molar-refractivity contribution < 1.29 is 48.2 Å². The summed E-state index contributed by atoms with van der Waals surface area (Å²) in [6.45, 7) is 6.17. The van der Waals surface area contributed by atoms with Crippen molar-refractivity contribution in [3.63, 3.8) is 0 Å². The van der Waals surface area contributed by atoms with Crippen LogP contribution in [0.5, 0.6) is 11.5 Å². The number of esters is 2. The molecule has 7 rings (SSSR count). The SMILES string of the molecule is C#CCOC1=C/C/C=C\C/C(C(=O)OCC(O)COc2ccc3ccccc3c2Cc2c(OCC(O)COC(=O)C3=CC4CC(OCCC)=CC4C=C3)ccc3c2CCC=C3)=C\C(=C)/C=C\1. The zero-order chi connectivity index (χ0) is 46.3. The van der Waals surface area contributed by atoms with Gasteiger partial charge in [-0.25, -0.2) is 9.59 Å². The summed E-state index contributed by atoms with van der Waals surface area (Å²) in [7, 11) is 0. The summed E-state index contributed by atoms with van der Waals surface area (Å²) in [6.07, 6.45) is 30.7. The Morgan fingerprint density at radius 3 is 2.41 bits per heavy atom. The van der Waals surface area contributed by atoms with Crippen LogP contribution >= 0.6 is 0 Å². The van der Waals surface area contributed by atoms with Crippen molar-refractivity contribution in [1.82, 2.24) is 0 Å². The van der Waals surface area contributed by atoms with Crippen molar-refractivity contribution in [1.29, 1.82) is 0 Å². The lowest BCUT2D eigenvalue weighted by molar-refractivity contribution is -0.143. The maximum absolute atomic E-state index is 13.3. The van der Waals surface area contributed by atoms with E-state index in [0.717, 1.165) is 64.5 Å². The van der Waals surface area contributed by atoms with Gasteiger partial charge in [0, 0.05) is 35.5 Å². The lowest BCUT2D eigenvalue weighted by atomic mass is 9.87. The first-order chi connectivity index (χ1) is 32.2. The summed E-state index contributed by atoms with van der Waals surface area (Å²) in [5, 5.41) is 24.1. The second-order valence-corrected chi connectivity index (χ2v) is 16.6. The summed E-state index contributed by atoms with van der Waals surface area (Å²) in [5.74, 6) is 4.46. The highest BCUT2D eigenvalue weighted by Gasteiger charge is 2.30. The zero-order valence-corrected chi connectivity index (χ0v) is 37.5. The Morgan fingerprint density at radius 2 is 1.61 bits per heavy atom. The fourth-order valence-electron chi connectivity index (χ4n) is 8.28. The molecule has 66 heavy (non-hydrogen) atoms. The number of benzene rings is 3. The first kappa shape index (κ1) is 47.2. The van der Waals surface area contributed by atoms with E-state index in [0.29, 0.717) is 59.8 Å². The van der Waals surface area contributed by atoms with Gasteiger partial charge in [-0.3, -0.25) is 0 Å². The molecule has 0 heterocycles. The van der Waals surface area contributed by atoms with Gasteiger partial charge in [-0.05, 0) is 102 Å². The van der Waals surface area contributed by atoms with Gasteiger partial charge in [0.1, 0.15) is 62.5 Å². The van der Waals surface area contributed by atoms with Crippen LogP contribution in [0.3, 0.4) is 0 Å². The molecule has 0 amide bonds. The van der Waals surface area contributed by atoms with Crippen molar-refractivity contribution in [2.75, 3.05) is 39.6 Å². The third kappa shape index (κ3) is 12.7. The Balaban J connectivity index is 0.996. The molecule has 0 aromatic heterocycles. The maximum atomic E-state index is 13.3. The van der Waals surface area contributed by atoms with Crippen LogP contribution in [-0.2, 0) is 41.4 Å². The Hall–Kier alpha value is -6.80. The molecule has 0 aliphatic heterocycles. The van der Waals surface area contributed by atoms with Crippen molar-refractivity contribution in [2.45, 2.75) is 64.1 Å². The van der Waals surface area contributed by atoms with Crippen LogP contribution in [0.1, 0.15) is 61.3 Å². The number of aliphatic hydroxyl groups excluding tert-OH is 2. The van der Waals surface area contributed by atoms with E-state index in [-0.39, 0.29) is 44.9 Å². The predicted molar refractivity (Wildman–Crippen MR) is 256 cm³/mol. The predicted octanol–water partition coefficient (Wildman–Crippen LogP) is 9.32. The minimum absolute atomic E-state index is 0.0986. The van der Waals surface area contributed by atoms with Gasteiger partial charge in [-0.15, -0.1) is 6.42 Å². The number of hydrogen-bond acceptors (Lipinski definition) is 10. The van der Waals surface area contributed by atoms with Gasteiger partial charge in [0.25, 0.3) is 0 Å². The van der Waals surface area contributed by atoms with Crippen LogP contribution in [0.2, 0.25) is 0 Å². The quantitative estimate of drug-likeness (QED) is 0.0683. The minimum atomic E-state index is -1.13. The summed E-state index contributed by atoms with van der Waals surface area (Å²) in [5.41, 5.74) is 5.47. The highest BCUT2D eigenvalue weighted by Crippen LogP contribution is 2.39. The fourth-order valence-corrected chi connectivity index (χ4v) is 8.28. The molecule has 3 aromatic rings. The molecule has 0 radical (unpaired) electrons. The number of ether oxygens (including phenoxy) is 6. The molecule has 4 aliphatic rings. The van der Waals surface area contributed by atoms with Gasteiger partial charge in [0.15, 0.2) is 0 Å². The third-order valence-corrected chi connectivity index (χ3v) is 11.6. The average molecular weight is 891 g/mol. The van der Waals surface area contributed by atoms with Crippen LogP contribution in [0, 0.1) is 24.2 Å². The summed E-state index contributed by atoms with van der Waals surface area (Å²) < 4.78 is 35.3. The van der Waals surface area contributed by atoms with Gasteiger partial charge < -0.3 is 38.6 Å². The largest absolute Gasteiger partial charge is 0.498 e. The van der Waals surface area contributed by atoms with E-state index in [1.807, 2.05) is 78.9 Å². The molecule has 4 unspecified atom stereocenters. The number of carbonyl (C=O) groups is 2. The molecule has 10 nitrogen and oxygen atoms in total. The molecule has 0 saturated carbocycles. The van der Waals surface area contributed by atoms with Gasteiger partial charge in [0.05, 0.1) is 17.9 Å². The topological polar surface area (TPSA) is 130 Å². The number of fused-ring (bicyclic) bond motifs is 3. The van der Waals surface area contributed by atoms with Crippen LogP contribution in [0.15, 0.2) is 150 Å². The zero-order valence-electron chi connectivity index (χ0n) is 37.5. The van der Waals surface area contributed by atoms with E-state index in [2.05, 4.69) is 37.7 Å². The van der Waals surface area contributed by atoms with Gasteiger partial charge >= 0.3 is 11.9 Å².